The van der Waals surface area contributed by atoms with Crippen molar-refractivity contribution >= 4 is 5.69 Å². The molecule has 26 heavy (non-hydrogen) atoms. The number of aromatic hydroxyl groups is 1. The second kappa shape index (κ2) is 6.95. The van der Waals surface area contributed by atoms with Crippen molar-refractivity contribution in [2.75, 3.05) is 5.32 Å². The van der Waals surface area contributed by atoms with E-state index >= 15 is 0 Å². The highest BCUT2D eigenvalue weighted by Gasteiger charge is 2.32. The summed E-state index contributed by atoms with van der Waals surface area (Å²) in [6.45, 7) is 1.86. The van der Waals surface area contributed by atoms with Gasteiger partial charge in [0.1, 0.15) is 12.1 Å². The first-order valence-electron chi connectivity index (χ1n) is 7.57. The summed E-state index contributed by atoms with van der Waals surface area (Å²) in [5.41, 5.74) is 1.20. The Morgan fingerprint density at radius 2 is 1.81 bits per heavy atom. The van der Waals surface area contributed by atoms with Crippen LogP contribution in [0.1, 0.15) is 16.8 Å². The highest BCUT2D eigenvalue weighted by molar-refractivity contribution is 5.71. The standard InChI is InChI=1S/C17H14F3N5O/c1-10-4-11(17(18,19)20)5-15(26)16(10)14-3-2-12(24-25-14)8-23-13-6-21-9-22-7-13/h2-7,9,23,26H,8H2,1H3. The molecule has 2 aromatic heterocycles. The normalized spacial score (nSPS) is 11.4. The van der Waals surface area contributed by atoms with Gasteiger partial charge in [0.05, 0.1) is 41.6 Å². The van der Waals surface area contributed by atoms with E-state index in [0.717, 1.165) is 11.8 Å². The molecule has 134 valence electrons. The number of halogens is 3. The van der Waals surface area contributed by atoms with Crippen molar-refractivity contribution in [3.05, 3.63) is 59.8 Å². The maximum atomic E-state index is 12.8. The number of aromatic nitrogens is 4. The van der Waals surface area contributed by atoms with Gasteiger partial charge < -0.3 is 10.4 Å². The third-order valence-corrected chi connectivity index (χ3v) is 3.65. The van der Waals surface area contributed by atoms with E-state index < -0.39 is 17.5 Å². The molecule has 0 aliphatic carbocycles. The van der Waals surface area contributed by atoms with E-state index in [4.69, 9.17) is 0 Å². The fraction of sp³-hybridized carbons (Fsp3) is 0.176. The Balaban J connectivity index is 1.80. The van der Waals surface area contributed by atoms with Gasteiger partial charge >= 0.3 is 6.18 Å². The van der Waals surface area contributed by atoms with Crippen molar-refractivity contribution in [3.63, 3.8) is 0 Å². The summed E-state index contributed by atoms with van der Waals surface area (Å²) in [5, 5.41) is 21.1. The second-order valence-corrected chi connectivity index (χ2v) is 5.58. The number of anilines is 1. The van der Waals surface area contributed by atoms with Crippen LogP contribution in [-0.2, 0) is 12.7 Å². The van der Waals surface area contributed by atoms with Crippen LogP contribution in [0.5, 0.6) is 5.75 Å². The summed E-state index contributed by atoms with van der Waals surface area (Å²) < 4.78 is 38.4. The van der Waals surface area contributed by atoms with Gasteiger partial charge in [-0.15, -0.1) is 0 Å². The molecule has 3 aromatic rings. The fourth-order valence-electron chi connectivity index (χ4n) is 2.44. The number of benzene rings is 1. The molecule has 0 saturated heterocycles. The van der Waals surface area contributed by atoms with Gasteiger partial charge in [-0.25, -0.2) is 9.97 Å². The monoisotopic (exact) mass is 361 g/mol. The van der Waals surface area contributed by atoms with E-state index in [9.17, 15) is 18.3 Å². The maximum absolute atomic E-state index is 12.8. The first kappa shape index (κ1) is 17.6. The summed E-state index contributed by atoms with van der Waals surface area (Å²) in [5.74, 6) is -0.487. The molecule has 9 heteroatoms. The molecule has 3 rings (SSSR count). The molecule has 2 N–H and O–H groups in total. The summed E-state index contributed by atoms with van der Waals surface area (Å²) >= 11 is 0. The fourth-order valence-corrected chi connectivity index (χ4v) is 2.44. The molecule has 1 aromatic carbocycles. The highest BCUT2D eigenvalue weighted by atomic mass is 19.4. The largest absolute Gasteiger partial charge is 0.507 e. The van der Waals surface area contributed by atoms with Crippen LogP contribution in [0.25, 0.3) is 11.3 Å². The van der Waals surface area contributed by atoms with Crippen molar-refractivity contribution in [1.29, 1.82) is 0 Å². The van der Waals surface area contributed by atoms with Crippen LogP contribution in [0.4, 0.5) is 18.9 Å². The first-order chi connectivity index (χ1) is 12.3. The Morgan fingerprint density at radius 3 is 2.38 bits per heavy atom. The topological polar surface area (TPSA) is 83.8 Å². The zero-order chi connectivity index (χ0) is 18.7. The molecule has 0 aliphatic heterocycles. The molecule has 0 bridgehead atoms. The molecule has 0 aliphatic rings. The molecule has 0 amide bonds. The van der Waals surface area contributed by atoms with Gasteiger partial charge in [-0.3, -0.25) is 0 Å². The molecular weight excluding hydrogens is 347 g/mol. The number of aryl methyl sites for hydroxylation is 1. The van der Waals surface area contributed by atoms with Crippen molar-refractivity contribution in [1.82, 2.24) is 20.2 Å². The average molecular weight is 361 g/mol. The van der Waals surface area contributed by atoms with Crippen LogP contribution in [0.15, 0.2) is 43.0 Å². The molecule has 0 unspecified atom stereocenters. The smallest absolute Gasteiger partial charge is 0.416 e. The molecule has 0 saturated carbocycles. The average Bonchev–Trinajstić information content (AvgIpc) is 2.60. The lowest BCUT2D eigenvalue weighted by atomic mass is 10.0. The molecular formula is C17H14F3N5O. The van der Waals surface area contributed by atoms with Gasteiger partial charge in [0.2, 0.25) is 0 Å². The molecule has 0 atom stereocenters. The van der Waals surface area contributed by atoms with Gasteiger partial charge in [-0.1, -0.05) is 0 Å². The van der Waals surface area contributed by atoms with Crippen molar-refractivity contribution in [2.45, 2.75) is 19.6 Å². The SMILES string of the molecule is Cc1cc(C(F)(F)F)cc(O)c1-c1ccc(CNc2cncnc2)nn1. The lowest BCUT2D eigenvalue weighted by molar-refractivity contribution is -0.137. The van der Waals surface area contributed by atoms with E-state index in [1.165, 1.54) is 13.3 Å². The molecule has 2 heterocycles. The van der Waals surface area contributed by atoms with E-state index in [2.05, 4.69) is 25.5 Å². The highest BCUT2D eigenvalue weighted by Crippen LogP contribution is 2.38. The lowest BCUT2D eigenvalue weighted by Gasteiger charge is -2.13. The number of hydrogen-bond acceptors (Lipinski definition) is 6. The zero-order valence-corrected chi connectivity index (χ0v) is 13.6. The molecule has 0 spiro atoms. The van der Waals surface area contributed by atoms with Crippen LogP contribution < -0.4 is 5.32 Å². The Bertz CT molecular complexity index is 876. The predicted octanol–water partition coefficient (Wildman–Crippen LogP) is 3.58. The number of nitrogens with zero attached hydrogens (tertiary/aromatic N) is 4. The number of nitrogens with one attached hydrogen (secondary N) is 1. The summed E-state index contributed by atoms with van der Waals surface area (Å²) in [4.78, 5) is 7.75. The molecule has 0 radical (unpaired) electrons. The summed E-state index contributed by atoms with van der Waals surface area (Å²) in [7, 11) is 0. The van der Waals surface area contributed by atoms with Gasteiger partial charge in [-0.05, 0) is 36.8 Å². The van der Waals surface area contributed by atoms with Gasteiger partial charge in [0, 0.05) is 5.56 Å². The summed E-state index contributed by atoms with van der Waals surface area (Å²) in [6, 6.07) is 4.94. The van der Waals surface area contributed by atoms with Crippen LogP contribution in [0, 0.1) is 6.92 Å². The quantitative estimate of drug-likeness (QED) is 0.739. The molecule has 0 fully saturated rings. The van der Waals surface area contributed by atoms with Gasteiger partial charge in [0.25, 0.3) is 0 Å². The maximum Gasteiger partial charge on any atom is 0.416 e. The number of alkyl halides is 3. The Labute approximate surface area is 146 Å². The minimum absolute atomic E-state index is 0.224. The van der Waals surface area contributed by atoms with Crippen LogP contribution >= 0.6 is 0 Å². The van der Waals surface area contributed by atoms with E-state index in [0.29, 0.717) is 24.0 Å². The predicted molar refractivity (Wildman–Crippen MR) is 88.2 cm³/mol. The third-order valence-electron chi connectivity index (χ3n) is 3.65. The Kier molecular flexibility index (Phi) is 4.70. The van der Waals surface area contributed by atoms with Crippen molar-refractivity contribution < 1.29 is 18.3 Å². The van der Waals surface area contributed by atoms with Crippen LogP contribution in [0.3, 0.4) is 0 Å². The van der Waals surface area contributed by atoms with Crippen molar-refractivity contribution in [3.8, 4) is 17.0 Å². The number of hydrogen-bond donors (Lipinski definition) is 2. The number of phenols is 1. The van der Waals surface area contributed by atoms with Crippen LogP contribution in [-0.4, -0.2) is 25.3 Å². The van der Waals surface area contributed by atoms with Gasteiger partial charge in [-0.2, -0.15) is 23.4 Å². The van der Waals surface area contributed by atoms with E-state index in [1.54, 1.807) is 24.5 Å². The lowest BCUT2D eigenvalue weighted by Crippen LogP contribution is -2.06. The van der Waals surface area contributed by atoms with Gasteiger partial charge in [0.15, 0.2) is 0 Å². The summed E-state index contributed by atoms with van der Waals surface area (Å²) in [6.07, 6.45) is 0.110. The van der Waals surface area contributed by atoms with Crippen molar-refractivity contribution in [2.24, 2.45) is 0 Å². The first-order valence-corrected chi connectivity index (χ1v) is 7.57. The second-order valence-electron chi connectivity index (χ2n) is 5.58. The van der Waals surface area contributed by atoms with Crippen LogP contribution in [0.2, 0.25) is 0 Å². The molecule has 6 nitrogen and oxygen atoms in total. The Hall–Kier alpha value is -3.23. The zero-order valence-electron chi connectivity index (χ0n) is 13.6. The number of phenolic OH excluding ortho intramolecular Hbond substituents is 1. The Morgan fingerprint density at radius 1 is 1.08 bits per heavy atom. The van der Waals surface area contributed by atoms with E-state index in [1.807, 2.05) is 0 Å². The number of rotatable bonds is 4. The third kappa shape index (κ3) is 3.88. The van der Waals surface area contributed by atoms with E-state index in [-0.39, 0.29) is 11.1 Å². The minimum Gasteiger partial charge on any atom is -0.507 e. The minimum atomic E-state index is -4.52.